The van der Waals surface area contributed by atoms with Gasteiger partial charge in [0.05, 0.1) is 69.9 Å². The summed E-state index contributed by atoms with van der Waals surface area (Å²) < 4.78 is 44.8. The van der Waals surface area contributed by atoms with Gasteiger partial charge in [0.25, 0.3) is 33.9 Å². The molecule has 492 valence electrons. The highest BCUT2D eigenvalue weighted by molar-refractivity contribution is 7.18. The van der Waals surface area contributed by atoms with Gasteiger partial charge in [-0.1, -0.05) is 52.9 Å². The summed E-state index contributed by atoms with van der Waals surface area (Å²) in [4.78, 5) is 11.4. The van der Waals surface area contributed by atoms with Crippen LogP contribution >= 0.6 is 34.0 Å². The van der Waals surface area contributed by atoms with Gasteiger partial charge in [0, 0.05) is 98.4 Å². The average molecular weight is 1340 g/mol. The van der Waals surface area contributed by atoms with Crippen molar-refractivity contribution < 1.29 is 39.7 Å². The number of oxazole rings is 1. The lowest BCUT2D eigenvalue weighted by atomic mass is 10.2. The molecular formula is C76H88N14O3S3+6. The Balaban J connectivity index is 0.000000104. The number of rotatable bonds is 6. The minimum absolute atomic E-state index is 0.705. The summed E-state index contributed by atoms with van der Waals surface area (Å²) in [5, 5.41) is 8.14. The van der Waals surface area contributed by atoms with Crippen LogP contribution in [0.15, 0.2) is 147 Å². The molecule has 20 heteroatoms. The molecule has 0 radical (unpaired) electrons. The summed E-state index contributed by atoms with van der Waals surface area (Å²) >= 11 is 5.40. The highest BCUT2D eigenvalue weighted by Gasteiger charge is 2.24. The first-order valence-electron chi connectivity index (χ1n) is 33.3. The van der Waals surface area contributed by atoms with Crippen molar-refractivity contribution in [1.82, 2.24) is 37.4 Å². The Morgan fingerprint density at radius 3 is 1.36 bits per heavy atom. The molecule has 0 saturated carbocycles. The zero-order valence-corrected chi connectivity index (χ0v) is 61.1. The van der Waals surface area contributed by atoms with Crippen molar-refractivity contribution in [2.45, 2.75) is 122 Å². The molecule has 0 N–H and O–H groups in total. The second-order valence-electron chi connectivity index (χ2n) is 25.0. The molecule has 0 unspecified atom stereocenters. The number of thiazole rings is 1. The third kappa shape index (κ3) is 11.3. The maximum Gasteiger partial charge on any atom is 0.322 e. The van der Waals surface area contributed by atoms with Crippen molar-refractivity contribution in [3.8, 4) is 0 Å². The number of aromatic nitrogens is 14. The first kappa shape index (κ1) is 65.2. The predicted octanol–water partition coefficient (Wildman–Crippen LogP) is 14.5. The zero-order chi connectivity index (χ0) is 67.7. The molecule has 0 fully saturated rings. The van der Waals surface area contributed by atoms with Crippen molar-refractivity contribution in [2.75, 3.05) is 0 Å². The number of thiophene rings is 2. The molecule has 0 spiro atoms. The van der Waals surface area contributed by atoms with Crippen LogP contribution in [0.2, 0.25) is 0 Å². The molecular weight excluding hydrogens is 1250 g/mol. The Kier molecular flexibility index (Phi) is 17.8. The van der Waals surface area contributed by atoms with Crippen molar-refractivity contribution in [1.29, 1.82) is 0 Å². The van der Waals surface area contributed by atoms with E-state index in [2.05, 4.69) is 291 Å². The van der Waals surface area contributed by atoms with E-state index in [1.54, 1.807) is 11.3 Å². The maximum absolute atomic E-state index is 5.63. The maximum atomic E-state index is 5.63. The molecule has 0 amide bonds. The molecule has 18 heterocycles. The second kappa shape index (κ2) is 26.3. The molecule has 18 rings (SSSR count). The SMILES string of the molecule is CCc1c[n+]2c3c(C)coc3ccc2n1C.CCc1c[n+]2c3c(C)csc3ccc2n1C.CCc1c[n+]2c3oc(C)nc3ccc2n1C.CCc1c[n+]2c3occ(C)c3ccc2n1C.CCc1c[n+]2c3sc(C)nc3ccc2n1C.CCc1c[n+]2c3scc(C)c3ccc2n1C. The largest absolute Gasteiger partial charge is 0.460 e. The summed E-state index contributed by atoms with van der Waals surface area (Å²) in [6, 6.07) is 25.6. The first-order chi connectivity index (χ1) is 46.3. The highest BCUT2D eigenvalue weighted by atomic mass is 32.1. The van der Waals surface area contributed by atoms with Gasteiger partial charge in [-0.05, 0) is 92.9 Å². The van der Waals surface area contributed by atoms with E-state index >= 15 is 0 Å². The lowest BCUT2D eigenvalue weighted by molar-refractivity contribution is -0.489. The number of hydrogen-bond donors (Lipinski definition) is 0. The van der Waals surface area contributed by atoms with Crippen LogP contribution in [0.4, 0.5) is 0 Å². The molecule has 0 aliphatic rings. The van der Waals surface area contributed by atoms with Crippen LogP contribution in [-0.2, 0) is 80.8 Å². The van der Waals surface area contributed by atoms with E-state index in [4.69, 9.17) is 13.3 Å². The monoisotopic (exact) mass is 1340 g/mol. The van der Waals surface area contributed by atoms with Gasteiger partial charge in [0.15, 0.2) is 32.9 Å². The normalized spacial score (nSPS) is 11.7. The number of pyridine rings is 6. The van der Waals surface area contributed by atoms with Gasteiger partial charge in [-0.3, -0.25) is 0 Å². The van der Waals surface area contributed by atoms with E-state index in [1.807, 2.05) is 54.3 Å². The molecule has 17 nitrogen and oxygen atoms in total. The minimum Gasteiger partial charge on any atom is -0.460 e. The molecule has 0 saturated heterocycles. The summed E-state index contributed by atoms with van der Waals surface area (Å²) in [5.41, 5.74) is 27.6. The quantitative estimate of drug-likeness (QED) is 0.154. The van der Waals surface area contributed by atoms with E-state index in [0.29, 0.717) is 5.89 Å². The summed E-state index contributed by atoms with van der Waals surface area (Å²) in [6.07, 6.45) is 23.1. The topological polar surface area (TPSA) is 119 Å². The van der Waals surface area contributed by atoms with E-state index in [-0.39, 0.29) is 0 Å². The van der Waals surface area contributed by atoms with Gasteiger partial charge in [-0.2, -0.15) is 26.4 Å². The van der Waals surface area contributed by atoms with Crippen LogP contribution in [0.25, 0.3) is 98.1 Å². The third-order valence-corrected chi connectivity index (χ3v) is 22.3. The molecule has 18 aromatic heterocycles. The van der Waals surface area contributed by atoms with Crippen molar-refractivity contribution >= 4 is 132 Å². The van der Waals surface area contributed by atoms with Gasteiger partial charge in [-0.25, -0.2) is 37.4 Å². The summed E-state index contributed by atoms with van der Waals surface area (Å²) in [6.45, 7) is 25.5. The van der Waals surface area contributed by atoms with Gasteiger partial charge in [0.1, 0.15) is 76.9 Å². The zero-order valence-electron chi connectivity index (χ0n) is 58.7. The molecule has 18 aromatic rings. The van der Waals surface area contributed by atoms with Crippen LogP contribution < -0.4 is 26.4 Å². The van der Waals surface area contributed by atoms with Crippen molar-refractivity contribution in [3.05, 3.63) is 201 Å². The Morgan fingerprint density at radius 1 is 0.375 bits per heavy atom. The number of nitrogens with zero attached hydrogens (tertiary/aromatic N) is 14. The van der Waals surface area contributed by atoms with Crippen molar-refractivity contribution in [2.24, 2.45) is 42.3 Å². The average Bonchev–Trinajstić information content (AvgIpc) is 1.66. The molecule has 0 atom stereocenters. The van der Waals surface area contributed by atoms with E-state index in [9.17, 15) is 0 Å². The Labute approximate surface area is 570 Å². The lowest BCUT2D eigenvalue weighted by Crippen LogP contribution is -2.20. The van der Waals surface area contributed by atoms with Crippen LogP contribution in [0.1, 0.15) is 109 Å². The second-order valence-corrected chi connectivity index (χ2v) is 27.9. The molecule has 0 bridgehead atoms. The number of imidazole rings is 6. The van der Waals surface area contributed by atoms with Gasteiger partial charge in [-0.15, -0.1) is 22.7 Å². The molecule has 0 aromatic carbocycles. The fourth-order valence-electron chi connectivity index (χ4n) is 13.6. The third-order valence-electron chi connectivity index (χ3n) is 19.1. The van der Waals surface area contributed by atoms with Gasteiger partial charge >= 0.3 is 11.4 Å². The number of aryl methyl sites for hydroxylation is 18. The van der Waals surface area contributed by atoms with Crippen LogP contribution in [0, 0.1) is 41.5 Å². The molecule has 0 aliphatic heterocycles. The van der Waals surface area contributed by atoms with Crippen molar-refractivity contribution in [3.63, 3.8) is 0 Å². The Morgan fingerprint density at radius 2 is 0.802 bits per heavy atom. The van der Waals surface area contributed by atoms with Gasteiger partial charge in [0.2, 0.25) is 4.83 Å². The lowest BCUT2D eigenvalue weighted by Gasteiger charge is -1.92. The van der Waals surface area contributed by atoms with Gasteiger partial charge < -0.3 is 13.3 Å². The Bertz CT molecular complexity index is 5460. The summed E-state index contributed by atoms with van der Waals surface area (Å²) in [5.74, 6) is 0.705. The van der Waals surface area contributed by atoms with Crippen LogP contribution in [-0.4, -0.2) is 37.4 Å². The van der Waals surface area contributed by atoms with Crippen LogP contribution in [0.3, 0.4) is 0 Å². The number of hydrogen-bond acceptors (Lipinski definition) is 8. The van der Waals surface area contributed by atoms with Crippen LogP contribution in [0.5, 0.6) is 0 Å². The molecule has 96 heavy (non-hydrogen) atoms. The minimum atomic E-state index is 0.705. The summed E-state index contributed by atoms with van der Waals surface area (Å²) in [7, 11) is 12.7. The smallest absolute Gasteiger partial charge is 0.322 e. The number of furan rings is 2. The van der Waals surface area contributed by atoms with E-state index in [0.717, 1.165) is 77.2 Å². The van der Waals surface area contributed by atoms with E-state index < -0.39 is 0 Å². The Hall–Kier alpha value is -9.50. The van der Waals surface area contributed by atoms with E-state index in [1.165, 1.54) is 121 Å². The first-order valence-corrected chi connectivity index (χ1v) is 35.9. The standard InChI is InChI=1S/2C13H15N2O.2C13H15N2S.C12H14N3O.C12H14N3S/c1-4-10-7-15-12(14(10)3)6-5-11-13(15)9(2)8-16-11;1-4-10-7-15-12(14(10)3)6-5-11-9(2)8-16-13(11)15;1-4-10-7-15-12(14(10)3)6-5-11-13(15)9(2)8-16-11;1-4-10-7-15-12(14(10)3)6-5-11-9(2)8-16-13(11)15;2*1-4-9-7-15-11(14(9)3)6-5-10-12(15)16-8(2)13-10/h4*5-8H,4H2,1-3H3;2*5-7H,4H2,1-3H3/q6*+1. The molecule has 0 aliphatic carbocycles. The predicted molar refractivity (Wildman–Crippen MR) is 387 cm³/mol. The fraction of sp³-hybridized carbons (Fsp3) is 0.316. The fourth-order valence-corrected chi connectivity index (χ4v) is 16.4. The number of fused-ring (bicyclic) bond motifs is 18. The highest BCUT2D eigenvalue weighted by Crippen LogP contribution is 2.27.